The molecule has 2 aromatic carbocycles. The zero-order chi connectivity index (χ0) is 25.0. The first-order valence-electron chi connectivity index (χ1n) is 11.3. The summed E-state index contributed by atoms with van der Waals surface area (Å²) < 4.78 is 10.5. The number of aryl methyl sites for hydroxylation is 1. The molecule has 1 aliphatic rings. The molecule has 1 amide bonds. The number of methoxy groups -OCH3 is 2. The number of Topliss-reactive ketones (excluding diaryl/α,β-unsaturated/α-hetero) is 1. The molecular formula is C26H32N2O6. The van der Waals surface area contributed by atoms with Crippen LogP contribution in [0.4, 0.5) is 0 Å². The van der Waals surface area contributed by atoms with Crippen molar-refractivity contribution in [2.75, 3.05) is 40.4 Å². The lowest BCUT2D eigenvalue weighted by molar-refractivity contribution is -0.140. The van der Waals surface area contributed by atoms with Gasteiger partial charge in [0.15, 0.2) is 11.5 Å². The summed E-state index contributed by atoms with van der Waals surface area (Å²) >= 11 is 0. The number of phenols is 1. The predicted octanol–water partition coefficient (Wildman–Crippen LogP) is 3.48. The number of rotatable bonds is 9. The molecule has 1 atom stereocenters. The van der Waals surface area contributed by atoms with E-state index in [1.165, 1.54) is 18.1 Å². The molecule has 0 aromatic heterocycles. The third-order valence-electron chi connectivity index (χ3n) is 6.30. The highest BCUT2D eigenvalue weighted by Crippen LogP contribution is 2.42. The van der Waals surface area contributed by atoms with E-state index in [4.69, 9.17) is 9.47 Å². The van der Waals surface area contributed by atoms with E-state index in [9.17, 15) is 19.8 Å². The molecule has 2 N–H and O–H groups in total. The molecule has 1 heterocycles. The highest BCUT2D eigenvalue weighted by Gasteiger charge is 2.46. The maximum Gasteiger partial charge on any atom is 0.295 e. The van der Waals surface area contributed by atoms with Crippen LogP contribution < -0.4 is 9.47 Å². The number of phenolic OH excluding ortho intramolecular Hbond substituents is 1. The van der Waals surface area contributed by atoms with Crippen LogP contribution in [0, 0.1) is 6.92 Å². The highest BCUT2D eigenvalue weighted by atomic mass is 16.5. The maximum absolute atomic E-state index is 13.2. The van der Waals surface area contributed by atoms with Gasteiger partial charge in [-0.1, -0.05) is 19.9 Å². The summed E-state index contributed by atoms with van der Waals surface area (Å²) in [4.78, 5) is 30.0. The van der Waals surface area contributed by atoms with E-state index in [1.54, 1.807) is 44.4 Å². The van der Waals surface area contributed by atoms with Gasteiger partial charge in [-0.3, -0.25) is 9.59 Å². The molecule has 1 fully saturated rings. The number of likely N-dealkylation sites (tertiary alicyclic amines) is 1. The number of carbonyl (C=O) groups is 2. The lowest BCUT2D eigenvalue weighted by Crippen LogP contribution is -2.38. The third-order valence-corrected chi connectivity index (χ3v) is 6.30. The number of aliphatic hydroxyl groups excluding tert-OH is 1. The number of benzene rings is 2. The van der Waals surface area contributed by atoms with E-state index in [2.05, 4.69) is 4.90 Å². The summed E-state index contributed by atoms with van der Waals surface area (Å²) in [5, 5.41) is 21.4. The number of hydrogen-bond donors (Lipinski definition) is 2. The number of likely N-dealkylation sites (N-methyl/N-ethyl adjacent to an activating group) is 1. The second kappa shape index (κ2) is 10.6. The fourth-order valence-electron chi connectivity index (χ4n) is 4.28. The zero-order valence-corrected chi connectivity index (χ0v) is 20.3. The Bertz CT molecular complexity index is 1110. The van der Waals surface area contributed by atoms with Gasteiger partial charge in [0.2, 0.25) is 0 Å². The van der Waals surface area contributed by atoms with Crippen molar-refractivity contribution in [2.24, 2.45) is 0 Å². The molecule has 0 unspecified atom stereocenters. The molecule has 1 aliphatic heterocycles. The minimum absolute atomic E-state index is 0.00515. The van der Waals surface area contributed by atoms with Crippen molar-refractivity contribution in [1.29, 1.82) is 0 Å². The lowest BCUT2D eigenvalue weighted by atomic mass is 9.93. The number of carbonyl (C=O) groups excluding carboxylic acids is 2. The maximum atomic E-state index is 13.2. The van der Waals surface area contributed by atoms with Crippen LogP contribution in [0.3, 0.4) is 0 Å². The largest absolute Gasteiger partial charge is 0.507 e. The number of aliphatic hydroxyl groups is 1. The van der Waals surface area contributed by atoms with E-state index in [1.807, 2.05) is 13.8 Å². The Kier molecular flexibility index (Phi) is 7.83. The van der Waals surface area contributed by atoms with Gasteiger partial charge < -0.3 is 29.5 Å². The minimum Gasteiger partial charge on any atom is -0.507 e. The first-order valence-corrected chi connectivity index (χ1v) is 11.3. The van der Waals surface area contributed by atoms with Gasteiger partial charge in [0.25, 0.3) is 11.7 Å². The lowest BCUT2D eigenvalue weighted by Gasteiger charge is -2.28. The Morgan fingerprint density at radius 2 is 1.76 bits per heavy atom. The molecule has 0 saturated carbocycles. The van der Waals surface area contributed by atoms with E-state index in [-0.39, 0.29) is 22.8 Å². The Morgan fingerprint density at radius 1 is 1.06 bits per heavy atom. The number of aromatic hydroxyl groups is 1. The van der Waals surface area contributed by atoms with E-state index in [0.717, 1.165) is 13.1 Å². The highest BCUT2D eigenvalue weighted by molar-refractivity contribution is 6.46. The molecule has 0 aliphatic carbocycles. The van der Waals surface area contributed by atoms with Crippen molar-refractivity contribution in [3.63, 3.8) is 0 Å². The van der Waals surface area contributed by atoms with Crippen LogP contribution in [0.5, 0.6) is 17.2 Å². The Balaban J connectivity index is 2.17. The summed E-state index contributed by atoms with van der Waals surface area (Å²) in [5.74, 6) is -0.888. The Morgan fingerprint density at radius 3 is 2.35 bits per heavy atom. The zero-order valence-electron chi connectivity index (χ0n) is 20.3. The Hall–Kier alpha value is -3.52. The molecule has 0 bridgehead atoms. The molecule has 0 radical (unpaired) electrons. The first kappa shape index (κ1) is 25.1. The van der Waals surface area contributed by atoms with Crippen LogP contribution in [0.2, 0.25) is 0 Å². The van der Waals surface area contributed by atoms with Crippen LogP contribution in [0.15, 0.2) is 42.0 Å². The topological polar surface area (TPSA) is 99.5 Å². The van der Waals surface area contributed by atoms with Crippen LogP contribution in [0.1, 0.15) is 36.6 Å². The molecular weight excluding hydrogens is 436 g/mol. The standard InChI is InChI=1S/C26H32N2O6/c1-6-27(7-2)12-13-28-23(17-8-11-20(29)21(15-17)34-5)22(25(31)26(28)32)24(30)19-10-9-18(33-4)14-16(19)3/h8-11,14-15,23,29-30H,6-7,12-13H2,1-5H3/b24-22+/t23-/m1/s1. The molecule has 8 heteroatoms. The number of nitrogens with zero attached hydrogens (tertiary/aromatic N) is 2. The van der Waals surface area contributed by atoms with Crippen molar-refractivity contribution in [3.05, 3.63) is 58.7 Å². The average molecular weight is 469 g/mol. The number of hydrogen-bond acceptors (Lipinski definition) is 7. The van der Waals surface area contributed by atoms with Gasteiger partial charge in [0.1, 0.15) is 11.5 Å². The molecule has 3 rings (SSSR count). The van der Waals surface area contributed by atoms with Crippen molar-refractivity contribution in [3.8, 4) is 17.2 Å². The number of amides is 1. The van der Waals surface area contributed by atoms with E-state index >= 15 is 0 Å². The average Bonchev–Trinajstić information content (AvgIpc) is 3.09. The Labute approximate surface area is 200 Å². The molecule has 34 heavy (non-hydrogen) atoms. The smallest absolute Gasteiger partial charge is 0.295 e. The van der Waals surface area contributed by atoms with E-state index < -0.39 is 17.7 Å². The van der Waals surface area contributed by atoms with Crippen molar-refractivity contribution < 1.29 is 29.3 Å². The number of ether oxygens (including phenoxy) is 2. The fraction of sp³-hybridized carbons (Fsp3) is 0.385. The molecule has 2 aromatic rings. The van der Waals surface area contributed by atoms with Crippen molar-refractivity contribution in [1.82, 2.24) is 9.80 Å². The second-order valence-electron chi connectivity index (χ2n) is 8.13. The van der Waals surface area contributed by atoms with Gasteiger partial charge in [-0.05, 0) is 61.5 Å². The van der Waals surface area contributed by atoms with Crippen LogP contribution in [0.25, 0.3) is 5.76 Å². The van der Waals surface area contributed by atoms with E-state index in [0.29, 0.717) is 35.5 Å². The minimum atomic E-state index is -0.827. The van der Waals surface area contributed by atoms with Gasteiger partial charge >= 0.3 is 0 Å². The normalized spacial score (nSPS) is 17.5. The molecule has 182 valence electrons. The number of ketones is 1. The van der Waals surface area contributed by atoms with Crippen LogP contribution >= 0.6 is 0 Å². The van der Waals surface area contributed by atoms with Crippen molar-refractivity contribution >= 4 is 17.4 Å². The van der Waals surface area contributed by atoms with Gasteiger partial charge in [0.05, 0.1) is 25.8 Å². The molecule has 8 nitrogen and oxygen atoms in total. The molecule has 0 spiro atoms. The summed E-state index contributed by atoms with van der Waals surface area (Å²) in [6.07, 6.45) is 0. The summed E-state index contributed by atoms with van der Waals surface area (Å²) in [6, 6.07) is 8.96. The van der Waals surface area contributed by atoms with Crippen LogP contribution in [-0.4, -0.2) is 72.1 Å². The van der Waals surface area contributed by atoms with Crippen LogP contribution in [-0.2, 0) is 9.59 Å². The summed E-state index contributed by atoms with van der Waals surface area (Å²) in [7, 11) is 2.98. The SMILES string of the molecule is CCN(CC)CCN1C(=O)C(=O)/C(=C(/O)c2ccc(OC)cc2C)[C@H]1c1ccc(O)c(OC)c1. The summed E-state index contributed by atoms with van der Waals surface area (Å²) in [5.41, 5.74) is 1.71. The predicted molar refractivity (Wildman–Crippen MR) is 129 cm³/mol. The fourth-order valence-corrected chi connectivity index (χ4v) is 4.28. The van der Waals surface area contributed by atoms with Crippen molar-refractivity contribution in [2.45, 2.75) is 26.8 Å². The second-order valence-corrected chi connectivity index (χ2v) is 8.13. The quantitative estimate of drug-likeness (QED) is 0.330. The first-order chi connectivity index (χ1) is 16.3. The van der Waals surface area contributed by atoms with Gasteiger partial charge in [-0.15, -0.1) is 0 Å². The van der Waals surface area contributed by atoms with Gasteiger partial charge in [-0.2, -0.15) is 0 Å². The van der Waals surface area contributed by atoms with Gasteiger partial charge in [0, 0.05) is 18.7 Å². The third kappa shape index (κ3) is 4.72. The molecule has 1 saturated heterocycles. The van der Waals surface area contributed by atoms with Gasteiger partial charge in [-0.25, -0.2) is 0 Å². The monoisotopic (exact) mass is 468 g/mol. The summed E-state index contributed by atoms with van der Waals surface area (Å²) in [6.45, 7) is 8.36.